The molecule has 1 aromatic heterocycles. The number of hydrogen-bond acceptors (Lipinski definition) is 2. The SMILES string of the molecule is CN1CCC(Cc2cnn(C)c2)CC1. The molecule has 0 bridgehead atoms. The van der Waals surface area contributed by atoms with Crippen LogP contribution in [0.5, 0.6) is 0 Å². The van der Waals surface area contributed by atoms with Gasteiger partial charge >= 0.3 is 0 Å². The standard InChI is InChI=1S/C11H19N3/c1-13-5-3-10(4-6-13)7-11-8-12-14(2)9-11/h8-10H,3-7H2,1-2H3. The summed E-state index contributed by atoms with van der Waals surface area (Å²) in [6.45, 7) is 2.51. The van der Waals surface area contributed by atoms with Gasteiger partial charge in [-0.05, 0) is 50.9 Å². The number of aryl methyl sites for hydroxylation is 1. The molecule has 1 aromatic rings. The molecule has 78 valence electrons. The van der Waals surface area contributed by atoms with Crippen LogP contribution in [0.25, 0.3) is 0 Å². The average Bonchev–Trinajstić information content (AvgIpc) is 2.56. The van der Waals surface area contributed by atoms with E-state index in [4.69, 9.17) is 0 Å². The highest BCUT2D eigenvalue weighted by atomic mass is 15.2. The predicted molar refractivity (Wildman–Crippen MR) is 57.1 cm³/mol. The van der Waals surface area contributed by atoms with Crippen molar-refractivity contribution in [2.45, 2.75) is 19.3 Å². The zero-order valence-electron chi connectivity index (χ0n) is 9.11. The van der Waals surface area contributed by atoms with Crippen LogP contribution >= 0.6 is 0 Å². The van der Waals surface area contributed by atoms with E-state index in [0.29, 0.717) is 0 Å². The van der Waals surface area contributed by atoms with Gasteiger partial charge in [0, 0.05) is 13.2 Å². The Bertz CT molecular complexity index is 284. The van der Waals surface area contributed by atoms with Crippen molar-refractivity contribution in [2.75, 3.05) is 20.1 Å². The lowest BCUT2D eigenvalue weighted by atomic mass is 9.91. The van der Waals surface area contributed by atoms with Crippen LogP contribution in [0.3, 0.4) is 0 Å². The van der Waals surface area contributed by atoms with E-state index in [2.05, 4.69) is 23.2 Å². The molecule has 1 aliphatic heterocycles. The molecular weight excluding hydrogens is 174 g/mol. The number of piperidine rings is 1. The number of rotatable bonds is 2. The van der Waals surface area contributed by atoms with Crippen molar-refractivity contribution in [1.29, 1.82) is 0 Å². The lowest BCUT2D eigenvalue weighted by molar-refractivity contribution is 0.219. The fourth-order valence-corrected chi connectivity index (χ4v) is 2.18. The van der Waals surface area contributed by atoms with E-state index in [1.165, 1.54) is 37.9 Å². The van der Waals surface area contributed by atoms with Gasteiger partial charge in [0.2, 0.25) is 0 Å². The maximum atomic E-state index is 4.20. The summed E-state index contributed by atoms with van der Waals surface area (Å²) in [4.78, 5) is 2.42. The lowest BCUT2D eigenvalue weighted by Gasteiger charge is -2.28. The molecule has 1 aliphatic rings. The van der Waals surface area contributed by atoms with Crippen LogP contribution in [-0.4, -0.2) is 34.8 Å². The molecule has 0 radical (unpaired) electrons. The van der Waals surface area contributed by atoms with Gasteiger partial charge in [-0.3, -0.25) is 4.68 Å². The molecular formula is C11H19N3. The molecule has 3 heteroatoms. The summed E-state index contributed by atoms with van der Waals surface area (Å²) in [7, 11) is 4.19. The zero-order chi connectivity index (χ0) is 9.97. The van der Waals surface area contributed by atoms with Crippen LogP contribution in [0.15, 0.2) is 12.4 Å². The molecule has 0 atom stereocenters. The first-order valence-corrected chi connectivity index (χ1v) is 5.40. The first kappa shape index (κ1) is 9.71. The first-order valence-electron chi connectivity index (χ1n) is 5.40. The largest absolute Gasteiger partial charge is 0.306 e. The van der Waals surface area contributed by atoms with Crippen molar-refractivity contribution in [3.8, 4) is 0 Å². The molecule has 0 unspecified atom stereocenters. The number of nitrogens with zero attached hydrogens (tertiary/aromatic N) is 3. The van der Waals surface area contributed by atoms with E-state index >= 15 is 0 Å². The molecule has 1 fully saturated rings. The Morgan fingerprint density at radius 2 is 2.07 bits per heavy atom. The van der Waals surface area contributed by atoms with Crippen molar-refractivity contribution < 1.29 is 0 Å². The highest BCUT2D eigenvalue weighted by Crippen LogP contribution is 2.20. The molecule has 0 N–H and O–H groups in total. The molecule has 0 saturated carbocycles. The second kappa shape index (κ2) is 4.13. The van der Waals surface area contributed by atoms with Gasteiger partial charge in [-0.2, -0.15) is 5.10 Å². The smallest absolute Gasteiger partial charge is 0.0521 e. The average molecular weight is 193 g/mol. The summed E-state index contributed by atoms with van der Waals surface area (Å²) in [5.74, 6) is 0.871. The molecule has 1 saturated heterocycles. The van der Waals surface area contributed by atoms with E-state index < -0.39 is 0 Å². The Morgan fingerprint density at radius 1 is 1.36 bits per heavy atom. The molecule has 0 spiro atoms. The van der Waals surface area contributed by atoms with Gasteiger partial charge in [-0.25, -0.2) is 0 Å². The first-order chi connectivity index (χ1) is 6.74. The topological polar surface area (TPSA) is 21.1 Å². The third kappa shape index (κ3) is 2.35. The van der Waals surface area contributed by atoms with Crippen molar-refractivity contribution in [2.24, 2.45) is 13.0 Å². The Kier molecular flexibility index (Phi) is 2.87. The van der Waals surface area contributed by atoms with E-state index in [9.17, 15) is 0 Å². The monoisotopic (exact) mass is 193 g/mol. The fourth-order valence-electron chi connectivity index (χ4n) is 2.18. The maximum Gasteiger partial charge on any atom is 0.0521 e. The maximum absolute atomic E-state index is 4.20. The Morgan fingerprint density at radius 3 is 2.64 bits per heavy atom. The quantitative estimate of drug-likeness (QED) is 0.706. The second-order valence-corrected chi connectivity index (χ2v) is 4.47. The van der Waals surface area contributed by atoms with E-state index in [1.807, 2.05) is 17.9 Å². The Hall–Kier alpha value is -0.830. The van der Waals surface area contributed by atoms with Crippen LogP contribution in [0.1, 0.15) is 18.4 Å². The minimum Gasteiger partial charge on any atom is -0.306 e. The van der Waals surface area contributed by atoms with Gasteiger partial charge in [0.25, 0.3) is 0 Å². The third-order valence-electron chi connectivity index (χ3n) is 3.12. The highest BCUT2D eigenvalue weighted by molar-refractivity contribution is 5.05. The number of hydrogen-bond donors (Lipinski definition) is 0. The minimum atomic E-state index is 0.871. The normalized spacial score (nSPS) is 20.1. The lowest BCUT2D eigenvalue weighted by Crippen LogP contribution is -2.30. The van der Waals surface area contributed by atoms with Gasteiger partial charge in [-0.15, -0.1) is 0 Å². The van der Waals surface area contributed by atoms with Crippen LogP contribution < -0.4 is 0 Å². The van der Waals surface area contributed by atoms with Gasteiger partial charge in [0.15, 0.2) is 0 Å². The third-order valence-corrected chi connectivity index (χ3v) is 3.12. The van der Waals surface area contributed by atoms with Gasteiger partial charge in [0.1, 0.15) is 0 Å². The molecule has 14 heavy (non-hydrogen) atoms. The van der Waals surface area contributed by atoms with Crippen LogP contribution in [0, 0.1) is 5.92 Å². The van der Waals surface area contributed by atoms with Crippen LogP contribution in [0.2, 0.25) is 0 Å². The zero-order valence-corrected chi connectivity index (χ0v) is 9.11. The summed E-state index contributed by atoms with van der Waals surface area (Å²) in [5, 5.41) is 4.20. The van der Waals surface area contributed by atoms with Gasteiger partial charge in [-0.1, -0.05) is 0 Å². The number of aromatic nitrogens is 2. The summed E-state index contributed by atoms with van der Waals surface area (Å²) in [6.07, 6.45) is 8.02. The summed E-state index contributed by atoms with van der Waals surface area (Å²) < 4.78 is 1.89. The molecule has 2 heterocycles. The van der Waals surface area contributed by atoms with Crippen molar-refractivity contribution >= 4 is 0 Å². The van der Waals surface area contributed by atoms with Gasteiger partial charge in [0.05, 0.1) is 6.20 Å². The predicted octanol–water partition coefficient (Wildman–Crippen LogP) is 1.30. The molecule has 0 aromatic carbocycles. The highest BCUT2D eigenvalue weighted by Gasteiger charge is 2.17. The van der Waals surface area contributed by atoms with Gasteiger partial charge < -0.3 is 4.90 Å². The fraction of sp³-hybridized carbons (Fsp3) is 0.727. The van der Waals surface area contributed by atoms with E-state index in [0.717, 1.165) is 5.92 Å². The number of likely N-dealkylation sites (tertiary alicyclic amines) is 1. The van der Waals surface area contributed by atoms with Crippen molar-refractivity contribution in [3.05, 3.63) is 18.0 Å². The van der Waals surface area contributed by atoms with Crippen LogP contribution in [0.4, 0.5) is 0 Å². The van der Waals surface area contributed by atoms with E-state index in [-0.39, 0.29) is 0 Å². The van der Waals surface area contributed by atoms with E-state index in [1.54, 1.807) is 0 Å². The summed E-state index contributed by atoms with van der Waals surface area (Å²) >= 11 is 0. The van der Waals surface area contributed by atoms with Crippen molar-refractivity contribution in [1.82, 2.24) is 14.7 Å². The Balaban J connectivity index is 1.86. The summed E-state index contributed by atoms with van der Waals surface area (Å²) in [5.41, 5.74) is 1.39. The molecule has 0 aliphatic carbocycles. The summed E-state index contributed by atoms with van der Waals surface area (Å²) in [6, 6.07) is 0. The second-order valence-electron chi connectivity index (χ2n) is 4.47. The molecule has 2 rings (SSSR count). The minimum absolute atomic E-state index is 0.871. The van der Waals surface area contributed by atoms with Crippen LogP contribution in [-0.2, 0) is 13.5 Å². The molecule has 3 nitrogen and oxygen atoms in total. The Labute approximate surface area is 85.7 Å². The van der Waals surface area contributed by atoms with Crippen molar-refractivity contribution in [3.63, 3.8) is 0 Å². The molecule has 0 amide bonds.